The normalized spacial score (nSPS) is 11.0. The van der Waals surface area contributed by atoms with E-state index in [1.165, 1.54) is 5.56 Å². The standard InChI is InChI=1S/C21H20N2O2/c1-14-4-5-17(12-15(14)2)21(24)11-8-18-13-20(23-22-18)16-6-9-19(25-3)10-7-16/h4-13H,1-3H3,(H,22,23). The van der Waals surface area contributed by atoms with Gasteiger partial charge in [0, 0.05) is 11.1 Å². The fourth-order valence-electron chi connectivity index (χ4n) is 2.49. The molecule has 0 unspecified atom stereocenters. The van der Waals surface area contributed by atoms with Crippen molar-refractivity contribution in [3.05, 3.63) is 77.0 Å². The molecule has 0 saturated heterocycles. The number of ketones is 1. The van der Waals surface area contributed by atoms with Crippen LogP contribution in [0.4, 0.5) is 0 Å². The lowest BCUT2D eigenvalue weighted by Gasteiger charge is -2.01. The summed E-state index contributed by atoms with van der Waals surface area (Å²) in [6.45, 7) is 4.04. The Balaban J connectivity index is 1.74. The van der Waals surface area contributed by atoms with Gasteiger partial charge in [-0.25, -0.2) is 0 Å². The Kier molecular flexibility index (Phi) is 4.80. The van der Waals surface area contributed by atoms with Crippen molar-refractivity contribution in [2.45, 2.75) is 13.8 Å². The van der Waals surface area contributed by atoms with Crippen molar-refractivity contribution in [2.24, 2.45) is 0 Å². The molecule has 0 spiro atoms. The van der Waals surface area contributed by atoms with E-state index in [9.17, 15) is 4.79 Å². The summed E-state index contributed by atoms with van der Waals surface area (Å²) in [5, 5.41) is 7.23. The van der Waals surface area contributed by atoms with Gasteiger partial charge in [-0.3, -0.25) is 9.89 Å². The number of aromatic amines is 1. The van der Waals surface area contributed by atoms with E-state index in [2.05, 4.69) is 10.2 Å². The van der Waals surface area contributed by atoms with E-state index in [1.54, 1.807) is 19.3 Å². The number of carbonyl (C=O) groups excluding carboxylic acids is 1. The van der Waals surface area contributed by atoms with Crippen molar-refractivity contribution >= 4 is 11.9 Å². The smallest absolute Gasteiger partial charge is 0.185 e. The third-order valence-electron chi connectivity index (χ3n) is 4.19. The maximum atomic E-state index is 12.3. The first-order chi connectivity index (χ1) is 12.1. The maximum absolute atomic E-state index is 12.3. The molecule has 0 bridgehead atoms. The van der Waals surface area contributed by atoms with Crippen molar-refractivity contribution in [3.63, 3.8) is 0 Å². The lowest BCUT2D eigenvalue weighted by molar-refractivity contribution is 0.104. The number of H-pyrrole nitrogens is 1. The molecular formula is C21H20N2O2. The third kappa shape index (κ3) is 3.86. The zero-order valence-electron chi connectivity index (χ0n) is 14.5. The Labute approximate surface area is 147 Å². The zero-order chi connectivity index (χ0) is 17.8. The topological polar surface area (TPSA) is 55.0 Å². The van der Waals surface area contributed by atoms with Crippen LogP contribution in [0.3, 0.4) is 0 Å². The minimum atomic E-state index is -0.0244. The number of benzene rings is 2. The Bertz CT molecular complexity index is 921. The molecule has 0 saturated carbocycles. The molecule has 0 aliphatic heterocycles. The lowest BCUT2D eigenvalue weighted by Crippen LogP contribution is -1.95. The monoisotopic (exact) mass is 332 g/mol. The Hall–Kier alpha value is -3.14. The van der Waals surface area contributed by atoms with Crippen LogP contribution in [0.5, 0.6) is 5.75 Å². The highest BCUT2D eigenvalue weighted by Gasteiger charge is 2.05. The summed E-state index contributed by atoms with van der Waals surface area (Å²) in [5.74, 6) is 0.780. The van der Waals surface area contributed by atoms with E-state index in [0.29, 0.717) is 5.56 Å². The van der Waals surface area contributed by atoms with Crippen molar-refractivity contribution < 1.29 is 9.53 Å². The second-order valence-corrected chi connectivity index (χ2v) is 5.93. The summed E-state index contributed by atoms with van der Waals surface area (Å²) in [5.41, 5.74) is 5.57. The van der Waals surface area contributed by atoms with Gasteiger partial charge in [-0.2, -0.15) is 5.10 Å². The van der Waals surface area contributed by atoms with Crippen LogP contribution in [0.2, 0.25) is 0 Å². The molecule has 0 atom stereocenters. The highest BCUT2D eigenvalue weighted by molar-refractivity contribution is 6.06. The second-order valence-electron chi connectivity index (χ2n) is 5.93. The number of nitrogens with zero attached hydrogens (tertiary/aromatic N) is 1. The summed E-state index contributed by atoms with van der Waals surface area (Å²) in [6.07, 6.45) is 3.31. The molecular weight excluding hydrogens is 312 g/mol. The number of allylic oxidation sites excluding steroid dienone is 1. The van der Waals surface area contributed by atoms with E-state index in [1.807, 2.05) is 62.4 Å². The molecule has 1 aromatic heterocycles. The minimum absolute atomic E-state index is 0.0244. The SMILES string of the molecule is COc1ccc(-c2cc(C=CC(=O)c3ccc(C)c(C)c3)[nH]n2)cc1. The highest BCUT2D eigenvalue weighted by atomic mass is 16.5. The molecule has 0 aliphatic rings. The van der Waals surface area contributed by atoms with Gasteiger partial charge in [0.25, 0.3) is 0 Å². The summed E-state index contributed by atoms with van der Waals surface area (Å²) < 4.78 is 5.16. The molecule has 0 fully saturated rings. The van der Waals surface area contributed by atoms with E-state index in [0.717, 1.165) is 28.3 Å². The molecule has 3 aromatic rings. The Morgan fingerprint density at radius 1 is 1.04 bits per heavy atom. The van der Waals surface area contributed by atoms with Gasteiger partial charge in [-0.1, -0.05) is 12.1 Å². The van der Waals surface area contributed by atoms with Gasteiger partial charge in [-0.15, -0.1) is 0 Å². The number of hydrogen-bond donors (Lipinski definition) is 1. The minimum Gasteiger partial charge on any atom is -0.497 e. The molecule has 1 heterocycles. The van der Waals surface area contributed by atoms with Crippen molar-refractivity contribution in [2.75, 3.05) is 7.11 Å². The number of methoxy groups -OCH3 is 1. The number of rotatable bonds is 5. The summed E-state index contributed by atoms with van der Waals surface area (Å²) in [7, 11) is 1.64. The number of carbonyl (C=O) groups is 1. The zero-order valence-corrected chi connectivity index (χ0v) is 14.5. The van der Waals surface area contributed by atoms with Gasteiger partial charge in [-0.05, 0) is 73.5 Å². The first-order valence-corrected chi connectivity index (χ1v) is 8.06. The molecule has 0 radical (unpaired) electrons. The predicted octanol–water partition coefficient (Wildman–Crippen LogP) is 4.60. The van der Waals surface area contributed by atoms with Crippen LogP contribution in [0.25, 0.3) is 17.3 Å². The summed E-state index contributed by atoms with van der Waals surface area (Å²) in [4.78, 5) is 12.3. The molecule has 1 N–H and O–H groups in total. The van der Waals surface area contributed by atoms with Crippen LogP contribution in [-0.2, 0) is 0 Å². The van der Waals surface area contributed by atoms with Gasteiger partial charge in [0.05, 0.1) is 18.5 Å². The number of nitrogens with one attached hydrogen (secondary N) is 1. The molecule has 3 rings (SSSR count). The molecule has 4 nitrogen and oxygen atoms in total. The summed E-state index contributed by atoms with van der Waals surface area (Å²) >= 11 is 0. The maximum Gasteiger partial charge on any atom is 0.185 e. The van der Waals surface area contributed by atoms with Crippen molar-refractivity contribution in [1.82, 2.24) is 10.2 Å². The van der Waals surface area contributed by atoms with Crippen LogP contribution >= 0.6 is 0 Å². The highest BCUT2D eigenvalue weighted by Crippen LogP contribution is 2.21. The van der Waals surface area contributed by atoms with Crippen LogP contribution < -0.4 is 4.74 Å². The lowest BCUT2D eigenvalue weighted by atomic mass is 10.0. The molecule has 2 aromatic carbocycles. The van der Waals surface area contributed by atoms with E-state index in [4.69, 9.17) is 4.74 Å². The number of aromatic nitrogens is 2. The third-order valence-corrected chi connectivity index (χ3v) is 4.19. The molecule has 4 heteroatoms. The van der Waals surface area contributed by atoms with Crippen LogP contribution in [0, 0.1) is 13.8 Å². The van der Waals surface area contributed by atoms with Crippen LogP contribution in [0.1, 0.15) is 27.2 Å². The fraction of sp³-hybridized carbons (Fsp3) is 0.143. The molecule has 126 valence electrons. The molecule has 0 aliphatic carbocycles. The van der Waals surface area contributed by atoms with E-state index in [-0.39, 0.29) is 5.78 Å². The van der Waals surface area contributed by atoms with Gasteiger partial charge < -0.3 is 4.74 Å². The van der Waals surface area contributed by atoms with E-state index >= 15 is 0 Å². The van der Waals surface area contributed by atoms with Crippen LogP contribution in [0.15, 0.2) is 54.6 Å². The van der Waals surface area contributed by atoms with E-state index < -0.39 is 0 Å². The average molecular weight is 332 g/mol. The van der Waals surface area contributed by atoms with Gasteiger partial charge in [0.2, 0.25) is 0 Å². The largest absolute Gasteiger partial charge is 0.497 e. The van der Waals surface area contributed by atoms with Gasteiger partial charge in [0.15, 0.2) is 5.78 Å². The first-order valence-electron chi connectivity index (χ1n) is 8.06. The molecule has 25 heavy (non-hydrogen) atoms. The Morgan fingerprint density at radius 3 is 2.48 bits per heavy atom. The van der Waals surface area contributed by atoms with Crippen molar-refractivity contribution in [3.8, 4) is 17.0 Å². The number of ether oxygens (including phenoxy) is 1. The number of aryl methyl sites for hydroxylation is 2. The van der Waals surface area contributed by atoms with Gasteiger partial charge in [0.1, 0.15) is 5.75 Å². The molecule has 0 amide bonds. The fourth-order valence-corrected chi connectivity index (χ4v) is 2.49. The number of hydrogen-bond acceptors (Lipinski definition) is 3. The first kappa shape index (κ1) is 16.7. The summed E-state index contributed by atoms with van der Waals surface area (Å²) in [6, 6.07) is 15.3. The average Bonchev–Trinajstić information content (AvgIpc) is 3.11. The van der Waals surface area contributed by atoms with Gasteiger partial charge >= 0.3 is 0 Å². The quantitative estimate of drug-likeness (QED) is 0.549. The second kappa shape index (κ2) is 7.18. The predicted molar refractivity (Wildman–Crippen MR) is 99.9 cm³/mol. The van der Waals surface area contributed by atoms with Crippen molar-refractivity contribution in [1.29, 1.82) is 0 Å². The Morgan fingerprint density at radius 2 is 1.80 bits per heavy atom. The van der Waals surface area contributed by atoms with Crippen LogP contribution in [-0.4, -0.2) is 23.1 Å².